The molecule has 0 aromatic carbocycles. The predicted octanol–water partition coefficient (Wildman–Crippen LogP) is 4.73. The number of ketones is 1. The molecular weight excluding hydrogens is 278 g/mol. The minimum atomic E-state index is -0.0692. The molecule has 0 amide bonds. The molecule has 19 heavy (non-hydrogen) atoms. The Balaban J connectivity index is 2.72. The molecule has 0 bridgehead atoms. The molecule has 1 heterocycles. The number of hydrogen-bond donors (Lipinski definition) is 0. The molecule has 1 aromatic heterocycles. The van der Waals surface area contributed by atoms with Crippen molar-refractivity contribution in [2.45, 2.75) is 46.6 Å². The predicted molar refractivity (Wildman–Crippen MR) is 84.4 cm³/mol. The molecule has 0 saturated heterocycles. The molecule has 0 N–H and O–H groups in total. The maximum Gasteiger partial charge on any atom is 0.189 e. The first-order valence-corrected chi connectivity index (χ1v) is 8.26. The Morgan fingerprint density at radius 2 is 1.95 bits per heavy atom. The number of Topliss-reactive ketones (excluding diaryl/α,β-unsaturated/α-hetero) is 1. The Morgan fingerprint density at radius 3 is 2.37 bits per heavy atom. The van der Waals surface area contributed by atoms with Crippen LogP contribution in [0.5, 0.6) is 0 Å². The summed E-state index contributed by atoms with van der Waals surface area (Å²) in [6, 6.07) is 3.56. The van der Waals surface area contributed by atoms with Crippen LogP contribution in [0.4, 0.5) is 0 Å². The van der Waals surface area contributed by atoms with E-state index in [1.54, 1.807) is 6.07 Å². The average molecular weight is 302 g/mol. The molecule has 1 unspecified atom stereocenters. The monoisotopic (exact) mass is 301 g/mol. The summed E-state index contributed by atoms with van der Waals surface area (Å²) in [5, 5.41) is 0. The van der Waals surface area contributed by atoms with E-state index in [0.29, 0.717) is 10.3 Å². The molecule has 0 aliphatic carbocycles. The highest BCUT2D eigenvalue weighted by Gasteiger charge is 2.24. The number of hydrogen-bond acceptors (Lipinski definition) is 3. The van der Waals surface area contributed by atoms with E-state index in [9.17, 15) is 4.79 Å². The molecule has 0 aliphatic rings. The number of likely N-dealkylation sites (N-methyl/N-ethyl adjacent to an activating group) is 1. The topological polar surface area (TPSA) is 20.3 Å². The molecule has 0 spiro atoms. The summed E-state index contributed by atoms with van der Waals surface area (Å²) in [5.41, 5.74) is 0. The van der Waals surface area contributed by atoms with E-state index in [1.807, 2.05) is 13.0 Å². The van der Waals surface area contributed by atoms with Gasteiger partial charge in [0.1, 0.15) is 0 Å². The Kier molecular flexibility index (Phi) is 7.05. The summed E-state index contributed by atoms with van der Waals surface area (Å²) in [6.07, 6.45) is 2.33. The SMILES string of the molecule is CCC(CC)CN(CC)C(C)C(=O)c1ccc(Cl)s1. The molecule has 0 radical (unpaired) electrons. The van der Waals surface area contributed by atoms with Gasteiger partial charge in [-0.1, -0.05) is 45.2 Å². The Bertz CT molecular complexity index is 401. The van der Waals surface area contributed by atoms with Crippen LogP contribution >= 0.6 is 22.9 Å². The average Bonchev–Trinajstić information content (AvgIpc) is 2.85. The second-order valence-corrected chi connectivity index (χ2v) is 6.63. The van der Waals surface area contributed by atoms with Gasteiger partial charge in [-0.05, 0) is 31.5 Å². The minimum Gasteiger partial charge on any atom is -0.293 e. The van der Waals surface area contributed by atoms with E-state index < -0.39 is 0 Å². The lowest BCUT2D eigenvalue weighted by molar-refractivity contribution is 0.0823. The van der Waals surface area contributed by atoms with Crippen molar-refractivity contribution in [1.82, 2.24) is 4.90 Å². The molecule has 1 aromatic rings. The molecule has 108 valence electrons. The third-order valence-corrected chi connectivity index (χ3v) is 5.04. The normalized spacial score (nSPS) is 13.2. The lowest BCUT2D eigenvalue weighted by Crippen LogP contribution is -2.41. The molecule has 0 saturated carbocycles. The fourth-order valence-corrected chi connectivity index (χ4v) is 3.32. The molecule has 0 aliphatic heterocycles. The number of carbonyl (C=O) groups excluding carboxylic acids is 1. The summed E-state index contributed by atoms with van der Waals surface area (Å²) in [5.74, 6) is 0.854. The van der Waals surface area contributed by atoms with E-state index in [1.165, 1.54) is 24.2 Å². The number of halogens is 1. The van der Waals surface area contributed by atoms with Gasteiger partial charge < -0.3 is 0 Å². The maximum absolute atomic E-state index is 12.4. The number of nitrogens with zero attached hydrogens (tertiary/aromatic N) is 1. The molecular formula is C15H24ClNOS. The van der Waals surface area contributed by atoms with Gasteiger partial charge in [0.15, 0.2) is 5.78 Å². The second-order valence-electron chi connectivity index (χ2n) is 4.91. The Labute approximate surface area is 125 Å². The van der Waals surface area contributed by atoms with Crippen molar-refractivity contribution >= 4 is 28.7 Å². The van der Waals surface area contributed by atoms with Crippen molar-refractivity contribution in [2.24, 2.45) is 5.92 Å². The van der Waals surface area contributed by atoms with Gasteiger partial charge in [-0.3, -0.25) is 9.69 Å². The maximum atomic E-state index is 12.4. The zero-order chi connectivity index (χ0) is 14.4. The van der Waals surface area contributed by atoms with Crippen LogP contribution < -0.4 is 0 Å². The van der Waals surface area contributed by atoms with Crippen molar-refractivity contribution in [3.8, 4) is 0 Å². The van der Waals surface area contributed by atoms with Gasteiger partial charge in [-0.25, -0.2) is 0 Å². The Hall–Kier alpha value is -0.380. The van der Waals surface area contributed by atoms with Crippen molar-refractivity contribution in [2.75, 3.05) is 13.1 Å². The summed E-state index contributed by atoms with van der Waals surface area (Å²) in [7, 11) is 0. The second kappa shape index (κ2) is 8.03. The number of carbonyl (C=O) groups is 1. The highest BCUT2D eigenvalue weighted by molar-refractivity contribution is 7.18. The summed E-state index contributed by atoms with van der Waals surface area (Å²) in [4.78, 5) is 15.5. The first-order valence-electron chi connectivity index (χ1n) is 7.06. The quantitative estimate of drug-likeness (QED) is 0.647. The Morgan fingerprint density at radius 1 is 1.32 bits per heavy atom. The first kappa shape index (κ1) is 16.7. The number of thiophene rings is 1. The van der Waals surface area contributed by atoms with Gasteiger partial charge in [-0.2, -0.15) is 0 Å². The zero-order valence-electron chi connectivity index (χ0n) is 12.3. The van der Waals surface area contributed by atoms with Crippen LogP contribution in [-0.4, -0.2) is 29.8 Å². The van der Waals surface area contributed by atoms with Crippen molar-refractivity contribution in [3.63, 3.8) is 0 Å². The van der Waals surface area contributed by atoms with Crippen LogP contribution in [0.2, 0.25) is 4.34 Å². The van der Waals surface area contributed by atoms with E-state index >= 15 is 0 Å². The van der Waals surface area contributed by atoms with Crippen molar-refractivity contribution in [1.29, 1.82) is 0 Å². The summed E-state index contributed by atoms with van der Waals surface area (Å²) >= 11 is 7.28. The smallest absolute Gasteiger partial charge is 0.189 e. The lowest BCUT2D eigenvalue weighted by Gasteiger charge is -2.29. The van der Waals surface area contributed by atoms with Gasteiger partial charge in [-0.15, -0.1) is 11.3 Å². The highest BCUT2D eigenvalue weighted by Crippen LogP contribution is 2.24. The third-order valence-electron chi connectivity index (χ3n) is 3.80. The third kappa shape index (κ3) is 4.59. The van der Waals surface area contributed by atoms with Crippen molar-refractivity contribution < 1.29 is 4.79 Å². The largest absolute Gasteiger partial charge is 0.293 e. The van der Waals surface area contributed by atoms with E-state index in [4.69, 9.17) is 11.6 Å². The van der Waals surface area contributed by atoms with Crippen LogP contribution in [-0.2, 0) is 0 Å². The molecule has 4 heteroatoms. The molecule has 1 atom stereocenters. The van der Waals surface area contributed by atoms with E-state index in [-0.39, 0.29) is 11.8 Å². The fourth-order valence-electron chi connectivity index (χ4n) is 2.26. The molecule has 0 fully saturated rings. The minimum absolute atomic E-state index is 0.0692. The van der Waals surface area contributed by atoms with Crippen LogP contribution in [0.1, 0.15) is 50.2 Å². The van der Waals surface area contributed by atoms with Crippen LogP contribution in [0.25, 0.3) is 0 Å². The first-order chi connectivity index (χ1) is 9.03. The van der Waals surface area contributed by atoms with Gasteiger partial charge in [0, 0.05) is 6.54 Å². The van der Waals surface area contributed by atoms with Gasteiger partial charge in [0.2, 0.25) is 0 Å². The van der Waals surface area contributed by atoms with Gasteiger partial charge in [0.05, 0.1) is 15.3 Å². The van der Waals surface area contributed by atoms with E-state index in [2.05, 4.69) is 25.7 Å². The lowest BCUT2D eigenvalue weighted by atomic mass is 10.0. The summed E-state index contributed by atoms with van der Waals surface area (Å²) in [6.45, 7) is 10.5. The molecule has 2 nitrogen and oxygen atoms in total. The van der Waals surface area contributed by atoms with Crippen LogP contribution in [0.15, 0.2) is 12.1 Å². The summed E-state index contributed by atoms with van der Waals surface area (Å²) < 4.78 is 0.679. The standard InChI is InChI=1S/C15H24ClNOS/c1-5-12(6-2)10-17(7-3)11(4)15(18)13-8-9-14(16)19-13/h8-9,11-12H,5-7,10H2,1-4H3. The van der Waals surface area contributed by atoms with Crippen molar-refractivity contribution in [3.05, 3.63) is 21.3 Å². The molecule has 1 rings (SSSR count). The highest BCUT2D eigenvalue weighted by atomic mass is 35.5. The zero-order valence-corrected chi connectivity index (χ0v) is 13.9. The van der Waals surface area contributed by atoms with Gasteiger partial charge in [0.25, 0.3) is 0 Å². The van der Waals surface area contributed by atoms with Crippen LogP contribution in [0, 0.1) is 5.92 Å². The van der Waals surface area contributed by atoms with Crippen LogP contribution in [0.3, 0.4) is 0 Å². The van der Waals surface area contributed by atoms with Gasteiger partial charge >= 0.3 is 0 Å². The number of rotatable bonds is 8. The van der Waals surface area contributed by atoms with E-state index in [0.717, 1.165) is 18.0 Å². The fraction of sp³-hybridized carbons (Fsp3) is 0.667.